The zero-order chi connectivity index (χ0) is 12.1. The number of nitrogens with zero attached hydrogens (tertiary/aromatic N) is 1. The van der Waals surface area contributed by atoms with Crippen molar-refractivity contribution in [3.63, 3.8) is 0 Å². The SMILES string of the molecule is CCCC1CCN(CC2(CC)CCNC2)CC1. The van der Waals surface area contributed by atoms with E-state index in [9.17, 15) is 0 Å². The zero-order valence-corrected chi connectivity index (χ0v) is 11.8. The summed E-state index contributed by atoms with van der Waals surface area (Å²) >= 11 is 0. The van der Waals surface area contributed by atoms with Crippen LogP contribution in [0, 0.1) is 11.3 Å². The van der Waals surface area contributed by atoms with E-state index in [1.165, 1.54) is 71.2 Å². The molecular weight excluding hydrogens is 208 g/mol. The van der Waals surface area contributed by atoms with Gasteiger partial charge in [0.05, 0.1) is 0 Å². The molecule has 2 aliphatic heterocycles. The Hall–Kier alpha value is -0.0800. The molecule has 0 spiro atoms. The maximum atomic E-state index is 3.56. The van der Waals surface area contributed by atoms with Crippen molar-refractivity contribution in [3.8, 4) is 0 Å². The second-order valence-corrected chi connectivity index (χ2v) is 6.29. The standard InChI is InChI=1S/C15H30N2/c1-3-5-14-6-10-17(11-7-14)13-15(4-2)8-9-16-12-15/h14,16H,3-13H2,1-2H3. The van der Waals surface area contributed by atoms with Crippen molar-refractivity contribution < 1.29 is 0 Å². The van der Waals surface area contributed by atoms with Gasteiger partial charge in [0.15, 0.2) is 0 Å². The van der Waals surface area contributed by atoms with Gasteiger partial charge in [0.1, 0.15) is 0 Å². The van der Waals surface area contributed by atoms with Gasteiger partial charge >= 0.3 is 0 Å². The van der Waals surface area contributed by atoms with Gasteiger partial charge < -0.3 is 10.2 Å². The van der Waals surface area contributed by atoms with Crippen molar-refractivity contribution in [1.82, 2.24) is 10.2 Å². The van der Waals surface area contributed by atoms with E-state index in [0.717, 1.165) is 5.92 Å². The van der Waals surface area contributed by atoms with Gasteiger partial charge in [-0.3, -0.25) is 0 Å². The van der Waals surface area contributed by atoms with Crippen molar-refractivity contribution >= 4 is 0 Å². The largest absolute Gasteiger partial charge is 0.316 e. The van der Waals surface area contributed by atoms with E-state index in [2.05, 4.69) is 24.1 Å². The molecule has 17 heavy (non-hydrogen) atoms. The summed E-state index contributed by atoms with van der Waals surface area (Å²) in [5, 5.41) is 3.56. The van der Waals surface area contributed by atoms with Crippen LogP contribution in [0.3, 0.4) is 0 Å². The molecule has 1 unspecified atom stereocenters. The summed E-state index contributed by atoms with van der Waals surface area (Å²) in [5.74, 6) is 1.02. The van der Waals surface area contributed by atoms with Crippen LogP contribution in [0.1, 0.15) is 52.4 Å². The highest BCUT2D eigenvalue weighted by Crippen LogP contribution is 2.32. The fourth-order valence-electron chi connectivity index (χ4n) is 3.66. The molecule has 2 fully saturated rings. The molecule has 1 N–H and O–H groups in total. The molecule has 0 aliphatic carbocycles. The van der Waals surface area contributed by atoms with Gasteiger partial charge in [0.25, 0.3) is 0 Å². The number of piperidine rings is 1. The lowest BCUT2D eigenvalue weighted by atomic mass is 9.82. The van der Waals surface area contributed by atoms with Gasteiger partial charge in [-0.1, -0.05) is 26.7 Å². The fraction of sp³-hybridized carbons (Fsp3) is 1.00. The lowest BCUT2D eigenvalue weighted by molar-refractivity contribution is 0.113. The summed E-state index contributed by atoms with van der Waals surface area (Å²) < 4.78 is 0. The summed E-state index contributed by atoms with van der Waals surface area (Å²) in [7, 11) is 0. The second kappa shape index (κ2) is 6.19. The molecule has 0 aromatic rings. The minimum Gasteiger partial charge on any atom is -0.316 e. The maximum Gasteiger partial charge on any atom is 0.00505 e. The summed E-state index contributed by atoms with van der Waals surface area (Å²) in [6.07, 6.45) is 8.44. The Morgan fingerprint density at radius 2 is 2.00 bits per heavy atom. The molecule has 0 bridgehead atoms. The first kappa shape index (κ1) is 13.4. The van der Waals surface area contributed by atoms with Crippen LogP contribution in [0.2, 0.25) is 0 Å². The number of hydrogen-bond acceptors (Lipinski definition) is 2. The maximum absolute atomic E-state index is 3.56. The van der Waals surface area contributed by atoms with Crippen LogP contribution < -0.4 is 5.32 Å². The van der Waals surface area contributed by atoms with Crippen molar-refractivity contribution in [2.24, 2.45) is 11.3 Å². The first-order valence-electron chi connectivity index (χ1n) is 7.71. The number of hydrogen-bond donors (Lipinski definition) is 1. The molecular formula is C15H30N2. The highest BCUT2D eigenvalue weighted by molar-refractivity contribution is 4.90. The first-order chi connectivity index (χ1) is 8.28. The molecule has 0 amide bonds. The zero-order valence-electron chi connectivity index (χ0n) is 11.8. The highest BCUT2D eigenvalue weighted by Gasteiger charge is 2.34. The quantitative estimate of drug-likeness (QED) is 0.792. The molecule has 0 aromatic heterocycles. The third kappa shape index (κ3) is 3.45. The molecule has 2 heteroatoms. The average molecular weight is 238 g/mol. The third-order valence-electron chi connectivity index (χ3n) is 5.05. The second-order valence-electron chi connectivity index (χ2n) is 6.29. The smallest absolute Gasteiger partial charge is 0.00505 e. The Morgan fingerprint density at radius 3 is 2.53 bits per heavy atom. The van der Waals surface area contributed by atoms with Crippen LogP contribution in [0.4, 0.5) is 0 Å². The molecule has 2 heterocycles. The summed E-state index contributed by atoms with van der Waals surface area (Å²) in [4.78, 5) is 2.74. The summed E-state index contributed by atoms with van der Waals surface area (Å²) in [6.45, 7) is 11.2. The molecule has 2 aliphatic rings. The Balaban J connectivity index is 1.77. The molecule has 0 saturated carbocycles. The predicted octanol–water partition coefficient (Wildman–Crippen LogP) is 2.89. The molecule has 0 aromatic carbocycles. The molecule has 1 atom stereocenters. The van der Waals surface area contributed by atoms with Gasteiger partial charge in [-0.25, -0.2) is 0 Å². The van der Waals surface area contributed by atoms with Crippen molar-refractivity contribution in [3.05, 3.63) is 0 Å². The molecule has 2 nitrogen and oxygen atoms in total. The first-order valence-corrected chi connectivity index (χ1v) is 7.71. The van der Waals surface area contributed by atoms with Gasteiger partial charge in [-0.2, -0.15) is 0 Å². The summed E-state index contributed by atoms with van der Waals surface area (Å²) in [6, 6.07) is 0. The molecule has 0 radical (unpaired) electrons. The van der Waals surface area contributed by atoms with Gasteiger partial charge in [-0.15, -0.1) is 0 Å². The van der Waals surface area contributed by atoms with Crippen molar-refractivity contribution in [2.45, 2.75) is 52.4 Å². The fourth-order valence-corrected chi connectivity index (χ4v) is 3.66. The average Bonchev–Trinajstić information content (AvgIpc) is 2.81. The van der Waals surface area contributed by atoms with Crippen LogP contribution in [0.5, 0.6) is 0 Å². The van der Waals surface area contributed by atoms with Crippen LogP contribution in [-0.4, -0.2) is 37.6 Å². The van der Waals surface area contributed by atoms with Crippen LogP contribution in [-0.2, 0) is 0 Å². The molecule has 2 saturated heterocycles. The minimum atomic E-state index is 0.595. The lowest BCUT2D eigenvalue weighted by Crippen LogP contribution is -2.43. The van der Waals surface area contributed by atoms with E-state index in [4.69, 9.17) is 0 Å². The Morgan fingerprint density at radius 1 is 1.24 bits per heavy atom. The van der Waals surface area contributed by atoms with E-state index in [-0.39, 0.29) is 0 Å². The Labute approximate surface area is 107 Å². The summed E-state index contributed by atoms with van der Waals surface area (Å²) in [5.41, 5.74) is 0.595. The molecule has 100 valence electrons. The predicted molar refractivity (Wildman–Crippen MR) is 74.3 cm³/mol. The van der Waals surface area contributed by atoms with Gasteiger partial charge in [-0.05, 0) is 56.7 Å². The van der Waals surface area contributed by atoms with E-state index in [1.807, 2.05) is 0 Å². The number of nitrogens with one attached hydrogen (secondary N) is 1. The topological polar surface area (TPSA) is 15.3 Å². The lowest BCUT2D eigenvalue weighted by Gasteiger charge is -2.38. The van der Waals surface area contributed by atoms with E-state index >= 15 is 0 Å². The normalized spacial score (nSPS) is 32.1. The Kier molecular flexibility index (Phi) is 4.87. The third-order valence-corrected chi connectivity index (χ3v) is 5.05. The number of rotatable bonds is 5. The van der Waals surface area contributed by atoms with Crippen LogP contribution >= 0.6 is 0 Å². The number of likely N-dealkylation sites (tertiary alicyclic amines) is 1. The molecule has 2 rings (SSSR count). The Bertz CT molecular complexity index is 213. The minimum absolute atomic E-state index is 0.595. The highest BCUT2D eigenvalue weighted by atomic mass is 15.1. The van der Waals surface area contributed by atoms with E-state index in [0.29, 0.717) is 5.41 Å². The monoisotopic (exact) mass is 238 g/mol. The van der Waals surface area contributed by atoms with Crippen LogP contribution in [0.15, 0.2) is 0 Å². The van der Waals surface area contributed by atoms with Gasteiger partial charge in [0, 0.05) is 13.1 Å². The van der Waals surface area contributed by atoms with Gasteiger partial charge in [0.2, 0.25) is 0 Å². The van der Waals surface area contributed by atoms with Crippen molar-refractivity contribution in [1.29, 1.82) is 0 Å². The van der Waals surface area contributed by atoms with Crippen molar-refractivity contribution in [2.75, 3.05) is 32.7 Å². The van der Waals surface area contributed by atoms with Crippen LogP contribution in [0.25, 0.3) is 0 Å². The van der Waals surface area contributed by atoms with E-state index in [1.54, 1.807) is 0 Å². The van der Waals surface area contributed by atoms with E-state index < -0.39 is 0 Å².